The van der Waals surface area contributed by atoms with Crippen molar-refractivity contribution >= 4 is 23.7 Å². The summed E-state index contributed by atoms with van der Waals surface area (Å²) in [6.45, 7) is 5.98. The van der Waals surface area contributed by atoms with Crippen LogP contribution in [0.25, 0.3) is 0 Å². The van der Waals surface area contributed by atoms with Gasteiger partial charge in [-0.05, 0) is 26.7 Å². The van der Waals surface area contributed by atoms with Crippen LogP contribution in [0.5, 0.6) is 0 Å². The van der Waals surface area contributed by atoms with Crippen LogP contribution >= 0.6 is 11.8 Å². The second kappa shape index (κ2) is 7.30. The minimum absolute atomic E-state index is 0.0257. The van der Waals surface area contributed by atoms with Gasteiger partial charge in [0.25, 0.3) is 0 Å². The third-order valence-corrected chi connectivity index (χ3v) is 6.93. The van der Waals surface area contributed by atoms with Crippen molar-refractivity contribution in [2.75, 3.05) is 18.8 Å². The number of nitrogens with zero attached hydrogens (tertiary/aromatic N) is 1. The van der Waals surface area contributed by atoms with Gasteiger partial charge in [0.2, 0.25) is 5.91 Å². The molecule has 5 unspecified atom stereocenters. The summed E-state index contributed by atoms with van der Waals surface area (Å²) >= 11 is 1.94. The van der Waals surface area contributed by atoms with E-state index in [4.69, 9.17) is 0 Å². The standard InChI is InChI=1S/C16H28N4O2S/c1-10-11(2)20(8-7-17-10)14(21)6-4-3-5-13-15-12(9-23-13)18-16(22)19-15/h10-13,15,17H,3-9H2,1-2H3,(H2,18,19,22). The van der Waals surface area contributed by atoms with Crippen LogP contribution in [-0.2, 0) is 4.79 Å². The highest BCUT2D eigenvalue weighted by atomic mass is 32.2. The van der Waals surface area contributed by atoms with Crippen molar-refractivity contribution in [1.82, 2.24) is 20.9 Å². The fourth-order valence-corrected chi connectivity index (χ4v) is 5.36. The number of thioether (sulfide) groups is 1. The number of hydrogen-bond donors (Lipinski definition) is 3. The van der Waals surface area contributed by atoms with Gasteiger partial charge in [0, 0.05) is 42.6 Å². The highest BCUT2D eigenvalue weighted by Gasteiger charge is 2.42. The molecular weight excluding hydrogens is 312 g/mol. The van der Waals surface area contributed by atoms with Gasteiger partial charge in [-0.2, -0.15) is 11.8 Å². The maximum atomic E-state index is 12.4. The zero-order chi connectivity index (χ0) is 16.4. The van der Waals surface area contributed by atoms with Crippen molar-refractivity contribution in [3.05, 3.63) is 0 Å². The fourth-order valence-electron chi connectivity index (χ4n) is 3.82. The highest BCUT2D eigenvalue weighted by molar-refractivity contribution is 8.00. The van der Waals surface area contributed by atoms with E-state index in [0.29, 0.717) is 29.7 Å². The van der Waals surface area contributed by atoms with Crippen LogP contribution in [0, 0.1) is 0 Å². The smallest absolute Gasteiger partial charge is 0.315 e. The Hall–Kier alpha value is -0.950. The minimum Gasteiger partial charge on any atom is -0.337 e. The van der Waals surface area contributed by atoms with E-state index in [-0.39, 0.29) is 18.1 Å². The molecule has 0 aliphatic carbocycles. The molecular formula is C16H28N4O2S. The molecule has 3 N–H and O–H groups in total. The highest BCUT2D eigenvalue weighted by Crippen LogP contribution is 2.33. The Bertz CT molecular complexity index is 461. The SMILES string of the molecule is CC1NCCN(C(=O)CCCCC2SCC3NC(=O)NC32)C1C. The van der Waals surface area contributed by atoms with Crippen LogP contribution in [0.15, 0.2) is 0 Å². The summed E-state index contributed by atoms with van der Waals surface area (Å²) in [6.07, 6.45) is 3.72. The first-order valence-electron chi connectivity index (χ1n) is 8.77. The summed E-state index contributed by atoms with van der Waals surface area (Å²) in [5, 5.41) is 9.90. The van der Waals surface area contributed by atoms with Crippen molar-refractivity contribution < 1.29 is 9.59 Å². The van der Waals surface area contributed by atoms with Gasteiger partial charge in [-0.15, -0.1) is 0 Å². The lowest BCUT2D eigenvalue weighted by Gasteiger charge is -2.38. The van der Waals surface area contributed by atoms with E-state index in [1.54, 1.807) is 0 Å². The number of amides is 3. The second-order valence-electron chi connectivity index (χ2n) is 6.94. The average molecular weight is 340 g/mol. The van der Waals surface area contributed by atoms with Crippen LogP contribution < -0.4 is 16.0 Å². The monoisotopic (exact) mass is 340 g/mol. The van der Waals surface area contributed by atoms with Crippen LogP contribution in [-0.4, -0.2) is 65.1 Å². The molecule has 23 heavy (non-hydrogen) atoms. The van der Waals surface area contributed by atoms with E-state index in [1.165, 1.54) is 0 Å². The van der Waals surface area contributed by atoms with E-state index < -0.39 is 0 Å². The summed E-state index contributed by atoms with van der Waals surface area (Å²) in [6, 6.07) is 1.20. The second-order valence-corrected chi connectivity index (χ2v) is 8.21. The third-order valence-electron chi connectivity index (χ3n) is 5.42. The zero-order valence-electron chi connectivity index (χ0n) is 14.0. The number of carbonyl (C=O) groups excluding carboxylic acids is 2. The molecule has 0 bridgehead atoms. The van der Waals surface area contributed by atoms with Crippen LogP contribution in [0.4, 0.5) is 4.79 Å². The van der Waals surface area contributed by atoms with Crippen LogP contribution in [0.2, 0.25) is 0 Å². The lowest BCUT2D eigenvalue weighted by molar-refractivity contribution is -0.135. The number of piperazine rings is 1. The van der Waals surface area contributed by atoms with Gasteiger partial charge in [0.15, 0.2) is 0 Å². The Labute approximate surface area is 142 Å². The third kappa shape index (κ3) is 3.76. The van der Waals surface area contributed by atoms with Gasteiger partial charge in [-0.3, -0.25) is 4.79 Å². The number of unbranched alkanes of at least 4 members (excludes halogenated alkanes) is 1. The molecule has 130 valence electrons. The van der Waals surface area contributed by atoms with Gasteiger partial charge >= 0.3 is 6.03 Å². The van der Waals surface area contributed by atoms with E-state index in [9.17, 15) is 9.59 Å². The van der Waals surface area contributed by atoms with E-state index >= 15 is 0 Å². The summed E-state index contributed by atoms with van der Waals surface area (Å²) < 4.78 is 0. The van der Waals surface area contributed by atoms with Crippen LogP contribution in [0.1, 0.15) is 39.5 Å². The fraction of sp³-hybridized carbons (Fsp3) is 0.875. The molecule has 0 radical (unpaired) electrons. The van der Waals surface area contributed by atoms with E-state index in [0.717, 1.165) is 38.1 Å². The molecule has 0 saturated carbocycles. The number of urea groups is 1. The Balaban J connectivity index is 1.37. The number of rotatable bonds is 5. The molecule has 3 amide bonds. The number of nitrogens with one attached hydrogen (secondary N) is 3. The summed E-state index contributed by atoms with van der Waals surface area (Å²) in [5.74, 6) is 1.29. The Morgan fingerprint density at radius 3 is 2.96 bits per heavy atom. The minimum atomic E-state index is -0.0257. The molecule has 3 saturated heterocycles. The molecule has 3 heterocycles. The van der Waals surface area contributed by atoms with Gasteiger partial charge in [-0.25, -0.2) is 4.79 Å². The topological polar surface area (TPSA) is 73.5 Å². The lowest BCUT2D eigenvalue weighted by atomic mass is 10.0. The molecule has 3 aliphatic heterocycles. The molecule has 6 nitrogen and oxygen atoms in total. The summed E-state index contributed by atoms with van der Waals surface area (Å²) in [4.78, 5) is 25.8. The molecule has 5 atom stereocenters. The van der Waals surface area contributed by atoms with Gasteiger partial charge in [-0.1, -0.05) is 6.42 Å². The first-order chi connectivity index (χ1) is 11.1. The van der Waals surface area contributed by atoms with Crippen molar-refractivity contribution in [3.8, 4) is 0 Å². The molecule has 0 aromatic carbocycles. The lowest BCUT2D eigenvalue weighted by Crippen LogP contribution is -2.57. The molecule has 0 aromatic rings. The molecule has 3 rings (SSSR count). The summed E-state index contributed by atoms with van der Waals surface area (Å²) in [7, 11) is 0. The Kier molecular flexibility index (Phi) is 5.36. The molecule has 0 aromatic heterocycles. The largest absolute Gasteiger partial charge is 0.337 e. The van der Waals surface area contributed by atoms with Crippen molar-refractivity contribution in [3.63, 3.8) is 0 Å². The first kappa shape index (κ1) is 16.9. The number of hydrogen-bond acceptors (Lipinski definition) is 4. The molecule has 3 aliphatic rings. The van der Waals surface area contributed by atoms with Crippen molar-refractivity contribution in [2.45, 2.75) is 68.9 Å². The summed E-state index contributed by atoms with van der Waals surface area (Å²) in [5.41, 5.74) is 0. The molecule has 3 fully saturated rings. The predicted octanol–water partition coefficient (Wildman–Crippen LogP) is 0.921. The van der Waals surface area contributed by atoms with Crippen molar-refractivity contribution in [2.24, 2.45) is 0 Å². The number of fused-ring (bicyclic) bond motifs is 1. The maximum absolute atomic E-state index is 12.4. The van der Waals surface area contributed by atoms with E-state index in [1.807, 2.05) is 16.7 Å². The number of carbonyl (C=O) groups is 2. The van der Waals surface area contributed by atoms with Gasteiger partial charge < -0.3 is 20.9 Å². The van der Waals surface area contributed by atoms with Gasteiger partial charge in [0.1, 0.15) is 0 Å². The van der Waals surface area contributed by atoms with Crippen LogP contribution in [0.3, 0.4) is 0 Å². The Morgan fingerprint density at radius 1 is 1.30 bits per heavy atom. The maximum Gasteiger partial charge on any atom is 0.315 e. The molecule has 0 spiro atoms. The van der Waals surface area contributed by atoms with Crippen molar-refractivity contribution in [1.29, 1.82) is 0 Å². The van der Waals surface area contributed by atoms with E-state index in [2.05, 4.69) is 29.8 Å². The normalized spacial score (nSPS) is 36.5. The molecule has 7 heteroatoms. The quantitative estimate of drug-likeness (QED) is 0.514. The zero-order valence-corrected chi connectivity index (χ0v) is 14.8. The van der Waals surface area contributed by atoms with Gasteiger partial charge in [0.05, 0.1) is 12.1 Å². The predicted molar refractivity (Wildman–Crippen MR) is 92.6 cm³/mol. The first-order valence-corrected chi connectivity index (χ1v) is 9.82. The Morgan fingerprint density at radius 2 is 2.13 bits per heavy atom. The average Bonchev–Trinajstić information content (AvgIpc) is 3.06.